The van der Waals surface area contributed by atoms with Crippen molar-refractivity contribution in [2.75, 3.05) is 6.61 Å². The normalized spacial score (nSPS) is 21.6. The molecule has 2 fully saturated rings. The first-order valence-corrected chi connectivity index (χ1v) is 9.73. The van der Waals surface area contributed by atoms with E-state index in [1.807, 2.05) is 5.38 Å². The maximum absolute atomic E-state index is 12.5. The first-order valence-electron chi connectivity index (χ1n) is 8.85. The van der Waals surface area contributed by atoms with Crippen LogP contribution in [0.5, 0.6) is 0 Å². The second-order valence-electron chi connectivity index (χ2n) is 6.82. The highest BCUT2D eigenvalue weighted by molar-refractivity contribution is 7.09. The molecule has 3 rings (SSSR count). The van der Waals surface area contributed by atoms with Crippen LogP contribution in [0.4, 0.5) is 4.79 Å². The van der Waals surface area contributed by atoms with Gasteiger partial charge in [0.25, 0.3) is 0 Å². The van der Waals surface area contributed by atoms with Crippen molar-refractivity contribution in [3.63, 3.8) is 0 Å². The molecule has 1 heterocycles. The molecule has 1 aromatic heterocycles. The number of carbonyl (C=O) groups excluding carboxylic acids is 1. The maximum Gasteiger partial charge on any atom is 0.315 e. The van der Waals surface area contributed by atoms with Gasteiger partial charge in [-0.05, 0) is 43.9 Å². The Balaban J connectivity index is 1.57. The fourth-order valence-electron chi connectivity index (χ4n) is 3.65. The van der Waals surface area contributed by atoms with E-state index in [1.165, 1.54) is 19.3 Å². The average molecular weight is 337 g/mol. The lowest BCUT2D eigenvalue weighted by molar-refractivity contribution is 0.194. The number of thiazole rings is 1. The molecule has 0 aliphatic heterocycles. The number of amides is 2. The summed E-state index contributed by atoms with van der Waals surface area (Å²) in [5.41, 5.74) is 0. The van der Waals surface area contributed by atoms with Crippen LogP contribution < -0.4 is 10.6 Å². The topological polar surface area (TPSA) is 74.2 Å². The van der Waals surface area contributed by atoms with E-state index in [2.05, 4.69) is 15.6 Å². The molecule has 0 bridgehead atoms. The number of urea groups is 1. The lowest BCUT2D eigenvalue weighted by Crippen LogP contribution is -2.47. The SMILES string of the molecule is O=C(NC(CCO)C1CCCCC1)NC(c1nccs1)C1CC1. The molecule has 2 aliphatic rings. The van der Waals surface area contributed by atoms with E-state index in [0.717, 1.165) is 30.7 Å². The van der Waals surface area contributed by atoms with E-state index in [1.54, 1.807) is 17.5 Å². The summed E-state index contributed by atoms with van der Waals surface area (Å²) >= 11 is 1.60. The minimum absolute atomic E-state index is 0.0381. The summed E-state index contributed by atoms with van der Waals surface area (Å²) < 4.78 is 0. The molecular formula is C17H27N3O2S. The van der Waals surface area contributed by atoms with Crippen LogP contribution in [0.1, 0.15) is 62.4 Å². The number of nitrogens with zero attached hydrogens (tertiary/aromatic N) is 1. The molecule has 23 heavy (non-hydrogen) atoms. The molecular weight excluding hydrogens is 310 g/mol. The second kappa shape index (κ2) is 8.11. The average Bonchev–Trinajstić information content (AvgIpc) is 3.27. The van der Waals surface area contributed by atoms with Crippen molar-refractivity contribution in [2.24, 2.45) is 11.8 Å². The summed E-state index contributed by atoms with van der Waals surface area (Å²) in [5, 5.41) is 18.5. The van der Waals surface area contributed by atoms with Crippen LogP contribution >= 0.6 is 11.3 Å². The highest BCUT2D eigenvalue weighted by Gasteiger charge is 2.35. The Morgan fingerprint density at radius 1 is 1.22 bits per heavy atom. The molecule has 5 nitrogen and oxygen atoms in total. The third kappa shape index (κ3) is 4.67. The Labute approximate surface area is 141 Å². The molecule has 0 saturated heterocycles. The standard InChI is InChI=1S/C17H27N3O2S/c21-10-8-14(12-4-2-1-3-5-12)19-17(22)20-15(13-6-7-13)16-18-9-11-23-16/h9,11-15,21H,1-8,10H2,(H2,19,20,22). The van der Waals surface area contributed by atoms with Gasteiger partial charge in [-0.15, -0.1) is 11.3 Å². The summed E-state index contributed by atoms with van der Waals surface area (Å²) in [6, 6.07) is 0.00806. The Morgan fingerprint density at radius 2 is 2.00 bits per heavy atom. The van der Waals surface area contributed by atoms with Gasteiger partial charge in [0.2, 0.25) is 0 Å². The van der Waals surface area contributed by atoms with E-state index in [-0.39, 0.29) is 24.7 Å². The van der Waals surface area contributed by atoms with E-state index in [0.29, 0.717) is 18.3 Å². The number of aliphatic hydroxyl groups is 1. The van der Waals surface area contributed by atoms with E-state index < -0.39 is 0 Å². The van der Waals surface area contributed by atoms with Crippen molar-refractivity contribution in [3.8, 4) is 0 Å². The molecule has 2 unspecified atom stereocenters. The third-order valence-electron chi connectivity index (χ3n) is 5.07. The molecule has 2 amide bonds. The van der Waals surface area contributed by atoms with Gasteiger partial charge in [0.1, 0.15) is 5.01 Å². The number of carbonyl (C=O) groups is 1. The third-order valence-corrected chi connectivity index (χ3v) is 5.93. The molecule has 6 heteroatoms. The van der Waals surface area contributed by atoms with Crippen molar-refractivity contribution < 1.29 is 9.90 Å². The Bertz CT molecular complexity index is 484. The maximum atomic E-state index is 12.5. The molecule has 2 aliphatic carbocycles. The van der Waals surface area contributed by atoms with Gasteiger partial charge in [0.15, 0.2) is 0 Å². The van der Waals surface area contributed by atoms with E-state index >= 15 is 0 Å². The predicted octanol–water partition coefficient (Wildman–Crippen LogP) is 3.22. The Morgan fingerprint density at radius 3 is 2.61 bits per heavy atom. The molecule has 0 spiro atoms. The van der Waals surface area contributed by atoms with E-state index in [4.69, 9.17) is 0 Å². The zero-order valence-electron chi connectivity index (χ0n) is 13.5. The zero-order valence-corrected chi connectivity index (χ0v) is 14.4. The Kier molecular flexibility index (Phi) is 5.89. The molecule has 2 atom stereocenters. The number of hydrogen-bond donors (Lipinski definition) is 3. The minimum atomic E-state index is -0.110. The number of aliphatic hydroxyl groups excluding tert-OH is 1. The lowest BCUT2D eigenvalue weighted by atomic mass is 9.83. The van der Waals surface area contributed by atoms with Gasteiger partial charge in [0.05, 0.1) is 6.04 Å². The van der Waals surface area contributed by atoms with Crippen LogP contribution in [0.25, 0.3) is 0 Å². The van der Waals surface area contributed by atoms with Crippen molar-refractivity contribution >= 4 is 17.4 Å². The molecule has 3 N–H and O–H groups in total. The van der Waals surface area contributed by atoms with Gasteiger partial charge < -0.3 is 15.7 Å². The van der Waals surface area contributed by atoms with Gasteiger partial charge >= 0.3 is 6.03 Å². The number of hydrogen-bond acceptors (Lipinski definition) is 4. The fourth-order valence-corrected chi connectivity index (χ4v) is 4.43. The molecule has 2 saturated carbocycles. The van der Waals surface area contributed by atoms with Crippen molar-refractivity contribution in [1.29, 1.82) is 0 Å². The number of aromatic nitrogens is 1. The molecule has 128 valence electrons. The summed E-state index contributed by atoms with van der Waals surface area (Å²) in [6.07, 6.45) is 10.8. The van der Waals surface area contributed by atoms with Gasteiger partial charge in [0, 0.05) is 24.2 Å². The van der Waals surface area contributed by atoms with Gasteiger partial charge in [-0.1, -0.05) is 19.3 Å². The Hall–Kier alpha value is -1.14. The van der Waals surface area contributed by atoms with Crippen molar-refractivity contribution in [3.05, 3.63) is 16.6 Å². The number of rotatable bonds is 7. The van der Waals surface area contributed by atoms with Crippen LogP contribution in [0.3, 0.4) is 0 Å². The molecule has 0 radical (unpaired) electrons. The molecule has 0 aromatic carbocycles. The minimum Gasteiger partial charge on any atom is -0.396 e. The summed E-state index contributed by atoms with van der Waals surface area (Å²) in [7, 11) is 0. The summed E-state index contributed by atoms with van der Waals surface area (Å²) in [5.74, 6) is 1.03. The van der Waals surface area contributed by atoms with Crippen LogP contribution in [0.15, 0.2) is 11.6 Å². The van der Waals surface area contributed by atoms with Gasteiger partial charge in [-0.2, -0.15) is 0 Å². The largest absolute Gasteiger partial charge is 0.396 e. The smallest absolute Gasteiger partial charge is 0.315 e. The second-order valence-corrected chi connectivity index (χ2v) is 7.75. The van der Waals surface area contributed by atoms with Crippen LogP contribution in [-0.4, -0.2) is 28.8 Å². The number of nitrogens with one attached hydrogen (secondary N) is 2. The lowest BCUT2D eigenvalue weighted by Gasteiger charge is -2.31. The van der Waals surface area contributed by atoms with Crippen molar-refractivity contribution in [2.45, 2.75) is 63.5 Å². The quantitative estimate of drug-likeness (QED) is 0.715. The fraction of sp³-hybridized carbons (Fsp3) is 0.765. The monoisotopic (exact) mass is 337 g/mol. The van der Waals surface area contributed by atoms with Crippen LogP contribution in [0, 0.1) is 11.8 Å². The molecule has 1 aromatic rings. The zero-order chi connectivity index (χ0) is 16.1. The van der Waals surface area contributed by atoms with Crippen LogP contribution in [-0.2, 0) is 0 Å². The summed E-state index contributed by atoms with van der Waals surface area (Å²) in [4.78, 5) is 16.9. The van der Waals surface area contributed by atoms with Crippen molar-refractivity contribution in [1.82, 2.24) is 15.6 Å². The van der Waals surface area contributed by atoms with Gasteiger partial charge in [-0.3, -0.25) is 0 Å². The van der Waals surface area contributed by atoms with Gasteiger partial charge in [-0.25, -0.2) is 9.78 Å². The highest BCUT2D eigenvalue weighted by atomic mass is 32.1. The first-order chi connectivity index (χ1) is 11.3. The first kappa shape index (κ1) is 16.7. The van der Waals surface area contributed by atoms with Crippen LogP contribution in [0.2, 0.25) is 0 Å². The highest BCUT2D eigenvalue weighted by Crippen LogP contribution is 2.41. The predicted molar refractivity (Wildman–Crippen MR) is 91.3 cm³/mol. The van der Waals surface area contributed by atoms with E-state index in [9.17, 15) is 9.90 Å². The summed E-state index contributed by atoms with van der Waals surface area (Å²) in [6.45, 7) is 0.125.